The van der Waals surface area contributed by atoms with Crippen LogP contribution in [-0.4, -0.2) is 11.8 Å². The molecule has 0 fully saturated rings. The Hall–Kier alpha value is -2.66. The summed E-state index contributed by atoms with van der Waals surface area (Å²) in [6.45, 7) is 0. The van der Waals surface area contributed by atoms with E-state index in [0.29, 0.717) is 0 Å². The lowest BCUT2D eigenvalue weighted by Gasteiger charge is -2.00. The summed E-state index contributed by atoms with van der Waals surface area (Å²) in [5.74, 6) is -1.22. The maximum atomic E-state index is 10.8. The van der Waals surface area contributed by atoms with E-state index in [2.05, 4.69) is 0 Å². The summed E-state index contributed by atoms with van der Waals surface area (Å²) < 4.78 is 10.8. The number of carbonyl (C=O) groups excluding carboxylic acids is 2. The minimum atomic E-state index is -0.611. The molecule has 4 rings (SSSR count). The quantitative estimate of drug-likeness (QED) is 0.276. The molecule has 0 saturated heterocycles. The van der Waals surface area contributed by atoms with Gasteiger partial charge in [0.1, 0.15) is 0 Å². The molecule has 10 heteroatoms. The second-order valence-corrected chi connectivity index (χ2v) is 8.92. The Bertz CT molecular complexity index is 1240. The summed E-state index contributed by atoms with van der Waals surface area (Å²) in [5, 5.41) is 4.28. The third-order valence-corrected chi connectivity index (χ3v) is 6.23. The van der Waals surface area contributed by atoms with Gasteiger partial charge in [-0.3, -0.25) is 9.59 Å². The van der Waals surface area contributed by atoms with Crippen LogP contribution in [0, 0.1) is 0 Å². The summed E-state index contributed by atoms with van der Waals surface area (Å²) in [5.41, 5.74) is 10.4. The van der Waals surface area contributed by atoms with Crippen LogP contribution in [0.1, 0.15) is 20.7 Å². The Labute approximate surface area is 217 Å². The van der Waals surface area contributed by atoms with E-state index in [1.165, 1.54) is 0 Å². The second kappa shape index (κ2) is 13.3. The monoisotopic (exact) mass is 553 g/mol. The molecule has 0 aliphatic carbocycles. The smallest absolute Gasteiger partial charge is 0.363 e. The molecule has 4 aromatic rings. The minimum Gasteiger partial charge on any atom is -0.366 e. The molecule has 0 heterocycles. The van der Waals surface area contributed by atoms with E-state index in [9.17, 15) is 14.2 Å². The molecule has 34 heavy (non-hydrogen) atoms. The highest BCUT2D eigenvalue weighted by atomic mass is 35.5. The molecule has 4 aromatic carbocycles. The molecule has 1 unspecified atom stereocenters. The van der Waals surface area contributed by atoms with E-state index in [0.717, 1.165) is 16.1 Å². The van der Waals surface area contributed by atoms with Crippen LogP contribution in [0.2, 0.25) is 20.1 Å². The minimum absolute atomic E-state index is 0.177. The van der Waals surface area contributed by atoms with Crippen LogP contribution >= 0.6 is 54.9 Å². The van der Waals surface area contributed by atoms with Gasteiger partial charge in [-0.1, -0.05) is 93.4 Å². The van der Waals surface area contributed by atoms with Gasteiger partial charge in [0.25, 0.3) is 11.8 Å². The Morgan fingerprint density at radius 1 is 0.588 bits per heavy atom. The highest BCUT2D eigenvalue weighted by Crippen LogP contribution is 2.24. The number of halogens is 4. The molecule has 174 valence electrons. The first kappa shape index (κ1) is 27.6. The molecule has 4 N–H and O–H groups in total. The largest absolute Gasteiger partial charge is 0.366 e. The summed E-state index contributed by atoms with van der Waals surface area (Å²) in [7, 11) is -0.366. The molecular formula is C24H18Cl4N2O3P+. The average molecular weight is 555 g/mol. The number of carbonyl (C=O) groups is 2. The third kappa shape index (κ3) is 7.42. The molecule has 0 radical (unpaired) electrons. The third-order valence-electron chi connectivity index (χ3n) is 4.32. The lowest BCUT2D eigenvalue weighted by Crippen LogP contribution is -2.12. The van der Waals surface area contributed by atoms with E-state index < -0.39 is 11.8 Å². The summed E-state index contributed by atoms with van der Waals surface area (Å²) in [4.78, 5) is 21.4. The number of fused-ring (bicyclic) bond motifs is 1. The molecule has 0 aliphatic rings. The molecule has 0 bridgehead atoms. The van der Waals surface area contributed by atoms with Crippen molar-refractivity contribution in [2.24, 2.45) is 11.5 Å². The maximum Gasteiger partial charge on any atom is 0.363 e. The number of hydrogen-bond acceptors (Lipinski definition) is 3. The normalized spacial score (nSPS) is 10.0. The van der Waals surface area contributed by atoms with Crippen LogP contribution in [0.4, 0.5) is 0 Å². The zero-order valence-corrected chi connectivity index (χ0v) is 21.4. The van der Waals surface area contributed by atoms with Gasteiger partial charge in [-0.25, -0.2) is 0 Å². The van der Waals surface area contributed by atoms with Crippen molar-refractivity contribution in [1.82, 2.24) is 0 Å². The van der Waals surface area contributed by atoms with Crippen LogP contribution in [0.25, 0.3) is 10.8 Å². The van der Waals surface area contributed by atoms with E-state index in [4.69, 9.17) is 57.9 Å². The summed E-state index contributed by atoms with van der Waals surface area (Å²) >= 11 is 22.6. The number of primary amides is 2. The number of benzene rings is 4. The fourth-order valence-electron chi connectivity index (χ4n) is 2.78. The molecule has 0 aliphatic heterocycles. The van der Waals surface area contributed by atoms with Crippen LogP contribution in [-0.2, 0) is 4.57 Å². The molecule has 1 atom stereocenters. The Morgan fingerprint density at radius 2 is 0.971 bits per heavy atom. The number of amides is 2. The molecule has 0 aromatic heterocycles. The number of nitrogens with two attached hydrogens (primary N) is 2. The highest BCUT2D eigenvalue weighted by molar-refractivity contribution is 7.34. The van der Waals surface area contributed by atoms with E-state index in [-0.39, 0.29) is 39.7 Å². The number of hydrogen-bond donors (Lipinski definition) is 2. The molecule has 5 nitrogen and oxygen atoms in total. The highest BCUT2D eigenvalue weighted by Gasteiger charge is 2.10. The SMILES string of the molecule is NC(=O)c1c(Cl)cccc1Cl.NC(=O)c1c(Cl)cccc1Cl.O=[PH+]c1cccc2ccccc12. The topological polar surface area (TPSA) is 103 Å². The van der Waals surface area contributed by atoms with Crippen molar-refractivity contribution in [2.75, 3.05) is 0 Å². The summed E-state index contributed by atoms with van der Waals surface area (Å²) in [6, 6.07) is 23.4. The molecular weight excluding hydrogens is 537 g/mol. The van der Waals surface area contributed by atoms with Crippen LogP contribution in [0.15, 0.2) is 78.9 Å². The van der Waals surface area contributed by atoms with Gasteiger partial charge in [-0.2, -0.15) is 0 Å². The van der Waals surface area contributed by atoms with Crippen molar-refractivity contribution in [2.45, 2.75) is 0 Å². The maximum absolute atomic E-state index is 10.8. The lowest BCUT2D eigenvalue weighted by molar-refractivity contribution is 0.0992. The van der Waals surface area contributed by atoms with Crippen LogP contribution in [0.3, 0.4) is 0 Å². The molecule has 2 amide bonds. The van der Waals surface area contributed by atoms with Gasteiger partial charge in [0.05, 0.1) is 31.2 Å². The van der Waals surface area contributed by atoms with Gasteiger partial charge >= 0.3 is 8.46 Å². The van der Waals surface area contributed by atoms with Crippen molar-refractivity contribution in [1.29, 1.82) is 0 Å². The predicted molar refractivity (Wildman–Crippen MR) is 143 cm³/mol. The first-order valence-electron chi connectivity index (χ1n) is 9.51. The van der Waals surface area contributed by atoms with Gasteiger partial charge in [0.15, 0.2) is 5.30 Å². The Kier molecular flexibility index (Phi) is 10.8. The molecule has 0 spiro atoms. The van der Waals surface area contributed by atoms with Crippen molar-refractivity contribution in [3.8, 4) is 0 Å². The number of rotatable bonds is 3. The van der Waals surface area contributed by atoms with Crippen molar-refractivity contribution < 1.29 is 14.2 Å². The van der Waals surface area contributed by atoms with Crippen LogP contribution in [0.5, 0.6) is 0 Å². The zero-order chi connectivity index (χ0) is 25.3. The first-order chi connectivity index (χ1) is 16.2. The lowest BCUT2D eigenvalue weighted by atomic mass is 10.1. The van der Waals surface area contributed by atoms with Crippen molar-refractivity contribution in [3.63, 3.8) is 0 Å². The van der Waals surface area contributed by atoms with E-state index in [1.54, 1.807) is 36.4 Å². The average Bonchev–Trinajstić information content (AvgIpc) is 2.79. The van der Waals surface area contributed by atoms with Gasteiger partial charge in [0, 0.05) is 5.39 Å². The Morgan fingerprint density at radius 3 is 1.35 bits per heavy atom. The fourth-order valence-corrected chi connectivity index (χ4v) is 4.45. The van der Waals surface area contributed by atoms with Crippen molar-refractivity contribution in [3.05, 3.63) is 110 Å². The molecule has 0 saturated carbocycles. The van der Waals surface area contributed by atoms with Crippen LogP contribution < -0.4 is 16.8 Å². The summed E-state index contributed by atoms with van der Waals surface area (Å²) in [6.07, 6.45) is 0. The zero-order valence-electron chi connectivity index (χ0n) is 17.4. The van der Waals surface area contributed by atoms with E-state index >= 15 is 0 Å². The predicted octanol–water partition coefficient (Wildman–Crippen LogP) is 6.67. The fraction of sp³-hybridized carbons (Fsp3) is 0. The van der Waals surface area contributed by atoms with Gasteiger partial charge in [-0.05, 0) is 41.8 Å². The van der Waals surface area contributed by atoms with Crippen molar-refractivity contribution >= 4 is 82.8 Å². The van der Waals surface area contributed by atoms with Gasteiger partial charge in [0.2, 0.25) is 0 Å². The Balaban J connectivity index is 0.000000181. The first-order valence-corrected chi connectivity index (χ1v) is 11.9. The van der Waals surface area contributed by atoms with Gasteiger partial charge in [-0.15, -0.1) is 0 Å². The second-order valence-electron chi connectivity index (χ2n) is 6.55. The van der Waals surface area contributed by atoms with E-state index in [1.807, 2.05) is 42.5 Å². The van der Waals surface area contributed by atoms with Gasteiger partial charge < -0.3 is 11.5 Å². The standard InChI is InChI=1S/C10H7OP.2C7H5Cl2NO/c11-12-10-7-3-5-8-4-1-2-6-9(8)10;2*8-4-2-1-3-5(9)6(4)7(10)11/h1-7H;2*1-3H,(H2,10,11)/p+1.